The fourth-order valence-corrected chi connectivity index (χ4v) is 3.33. The number of anilines is 1. The molecule has 1 aliphatic rings. The number of carbonyl (C=O) groups is 1. The van der Waals surface area contributed by atoms with E-state index in [0.29, 0.717) is 12.1 Å². The number of nitrogens with zero attached hydrogens (tertiary/aromatic N) is 1. The molecule has 0 radical (unpaired) electrons. The normalized spacial score (nSPS) is 18.3. The van der Waals surface area contributed by atoms with Gasteiger partial charge in [0.2, 0.25) is 0 Å². The van der Waals surface area contributed by atoms with Crippen LogP contribution in [0.3, 0.4) is 0 Å². The van der Waals surface area contributed by atoms with Gasteiger partial charge in [0.25, 0.3) is 5.91 Å². The van der Waals surface area contributed by atoms with E-state index in [1.807, 2.05) is 19.1 Å². The van der Waals surface area contributed by atoms with Crippen molar-refractivity contribution in [2.75, 3.05) is 11.9 Å². The molecule has 3 rings (SSSR count). The number of hydrogen-bond acceptors (Lipinski definition) is 3. The minimum Gasteiger partial charge on any atom is -0.363 e. The quantitative estimate of drug-likeness (QED) is 0.906. The summed E-state index contributed by atoms with van der Waals surface area (Å²) >= 11 is 0. The van der Waals surface area contributed by atoms with Crippen molar-refractivity contribution in [3.05, 3.63) is 59.3 Å². The predicted octanol–water partition coefficient (Wildman–Crippen LogP) is 3.67. The molecule has 0 saturated carbocycles. The van der Waals surface area contributed by atoms with E-state index in [-0.39, 0.29) is 17.4 Å². The lowest BCUT2D eigenvalue weighted by molar-refractivity contribution is 0.0955. The zero-order valence-electron chi connectivity index (χ0n) is 13.9. The molecular weight excluding hydrogens is 286 g/mol. The lowest BCUT2D eigenvalue weighted by Gasteiger charge is -2.19. The minimum absolute atomic E-state index is 0.0844. The van der Waals surface area contributed by atoms with Crippen LogP contribution in [0.1, 0.15) is 54.7 Å². The van der Waals surface area contributed by atoms with Gasteiger partial charge in [0.05, 0.1) is 11.6 Å². The maximum atomic E-state index is 11.8. The molecule has 2 aromatic rings. The molecule has 1 atom stereocenters. The van der Waals surface area contributed by atoms with Gasteiger partial charge in [-0.1, -0.05) is 38.1 Å². The SMILES string of the molecule is CCNC(=O)c1ccc(NC2CC(C)(C)c3ccccc32)nc1. The van der Waals surface area contributed by atoms with E-state index in [2.05, 4.69) is 53.7 Å². The molecule has 0 spiro atoms. The van der Waals surface area contributed by atoms with E-state index in [1.165, 1.54) is 11.1 Å². The van der Waals surface area contributed by atoms with E-state index in [4.69, 9.17) is 0 Å². The average molecular weight is 309 g/mol. The predicted molar refractivity (Wildman–Crippen MR) is 92.7 cm³/mol. The summed E-state index contributed by atoms with van der Waals surface area (Å²) < 4.78 is 0. The molecule has 0 saturated heterocycles. The fraction of sp³-hybridized carbons (Fsp3) is 0.368. The molecule has 1 heterocycles. The topological polar surface area (TPSA) is 54.0 Å². The second-order valence-corrected chi connectivity index (χ2v) is 6.66. The Labute approximate surface area is 137 Å². The van der Waals surface area contributed by atoms with Crippen molar-refractivity contribution < 1.29 is 4.79 Å². The van der Waals surface area contributed by atoms with Crippen LogP contribution in [0.15, 0.2) is 42.6 Å². The smallest absolute Gasteiger partial charge is 0.252 e. The zero-order valence-corrected chi connectivity index (χ0v) is 13.9. The Morgan fingerprint density at radius 1 is 1.26 bits per heavy atom. The third-order valence-electron chi connectivity index (χ3n) is 4.46. The highest BCUT2D eigenvalue weighted by Crippen LogP contribution is 2.45. The average Bonchev–Trinajstić information content (AvgIpc) is 2.80. The molecule has 2 N–H and O–H groups in total. The van der Waals surface area contributed by atoms with Gasteiger partial charge in [-0.3, -0.25) is 4.79 Å². The second kappa shape index (κ2) is 6.03. The van der Waals surface area contributed by atoms with Crippen molar-refractivity contribution in [2.24, 2.45) is 0 Å². The van der Waals surface area contributed by atoms with Crippen molar-refractivity contribution >= 4 is 11.7 Å². The molecule has 1 unspecified atom stereocenters. The second-order valence-electron chi connectivity index (χ2n) is 6.66. The molecular formula is C19H23N3O. The maximum Gasteiger partial charge on any atom is 0.252 e. The van der Waals surface area contributed by atoms with Gasteiger partial charge in [0.1, 0.15) is 5.82 Å². The van der Waals surface area contributed by atoms with E-state index in [0.717, 1.165) is 12.2 Å². The van der Waals surface area contributed by atoms with Crippen molar-refractivity contribution in [1.82, 2.24) is 10.3 Å². The number of pyridine rings is 1. The maximum absolute atomic E-state index is 11.8. The van der Waals surface area contributed by atoms with Crippen LogP contribution in [0.5, 0.6) is 0 Å². The molecule has 0 bridgehead atoms. The summed E-state index contributed by atoms with van der Waals surface area (Å²) in [5.41, 5.74) is 3.49. The van der Waals surface area contributed by atoms with Crippen LogP contribution < -0.4 is 10.6 Å². The largest absolute Gasteiger partial charge is 0.363 e. The van der Waals surface area contributed by atoms with Crippen LogP contribution in [0.2, 0.25) is 0 Å². The zero-order chi connectivity index (χ0) is 16.4. The molecule has 4 nitrogen and oxygen atoms in total. The molecule has 1 amide bonds. The van der Waals surface area contributed by atoms with Crippen LogP contribution in [0, 0.1) is 0 Å². The number of hydrogen-bond donors (Lipinski definition) is 2. The van der Waals surface area contributed by atoms with E-state index in [9.17, 15) is 4.79 Å². The summed E-state index contributed by atoms with van der Waals surface area (Å²) in [6.45, 7) is 7.07. The van der Waals surface area contributed by atoms with Crippen molar-refractivity contribution in [1.29, 1.82) is 0 Å². The highest BCUT2D eigenvalue weighted by Gasteiger charge is 2.36. The van der Waals surface area contributed by atoms with Crippen molar-refractivity contribution in [3.63, 3.8) is 0 Å². The molecule has 1 aromatic heterocycles. The molecule has 4 heteroatoms. The first-order chi connectivity index (χ1) is 11.0. The number of aromatic nitrogens is 1. The van der Waals surface area contributed by atoms with Crippen LogP contribution >= 0.6 is 0 Å². The van der Waals surface area contributed by atoms with Crippen LogP contribution in [0.4, 0.5) is 5.82 Å². The summed E-state index contributed by atoms with van der Waals surface area (Å²) in [6, 6.07) is 12.5. The van der Waals surface area contributed by atoms with E-state index < -0.39 is 0 Å². The van der Waals surface area contributed by atoms with Crippen molar-refractivity contribution in [2.45, 2.75) is 38.6 Å². The molecule has 0 fully saturated rings. The van der Waals surface area contributed by atoms with Crippen LogP contribution in [-0.4, -0.2) is 17.4 Å². The number of nitrogens with one attached hydrogen (secondary N) is 2. The van der Waals surface area contributed by atoms with Gasteiger partial charge < -0.3 is 10.6 Å². The summed E-state index contributed by atoms with van der Waals surface area (Å²) in [6.07, 6.45) is 2.66. The Bertz CT molecular complexity index is 707. The van der Waals surface area contributed by atoms with Crippen LogP contribution in [0.25, 0.3) is 0 Å². The summed E-state index contributed by atoms with van der Waals surface area (Å²) in [5, 5.41) is 6.29. The van der Waals surface area contributed by atoms with Gasteiger partial charge in [-0.15, -0.1) is 0 Å². The van der Waals surface area contributed by atoms with Gasteiger partial charge in [0, 0.05) is 12.7 Å². The lowest BCUT2D eigenvalue weighted by atomic mass is 9.86. The third-order valence-corrected chi connectivity index (χ3v) is 4.46. The van der Waals surface area contributed by atoms with Crippen LogP contribution in [-0.2, 0) is 5.41 Å². The molecule has 0 aliphatic heterocycles. The number of rotatable bonds is 4. The molecule has 1 aliphatic carbocycles. The van der Waals surface area contributed by atoms with Gasteiger partial charge >= 0.3 is 0 Å². The first-order valence-electron chi connectivity index (χ1n) is 8.11. The molecule has 120 valence electrons. The lowest BCUT2D eigenvalue weighted by Crippen LogP contribution is -2.22. The number of benzene rings is 1. The summed E-state index contributed by atoms with van der Waals surface area (Å²) in [4.78, 5) is 16.2. The Hall–Kier alpha value is -2.36. The minimum atomic E-state index is -0.0844. The Balaban J connectivity index is 1.77. The number of carbonyl (C=O) groups excluding carboxylic acids is 1. The third kappa shape index (κ3) is 3.07. The number of amides is 1. The summed E-state index contributed by atoms with van der Waals surface area (Å²) in [7, 11) is 0. The number of fused-ring (bicyclic) bond motifs is 1. The Kier molecular flexibility index (Phi) is 4.07. The highest BCUT2D eigenvalue weighted by atomic mass is 16.1. The summed E-state index contributed by atoms with van der Waals surface area (Å²) in [5.74, 6) is 0.717. The first-order valence-corrected chi connectivity index (χ1v) is 8.11. The molecule has 23 heavy (non-hydrogen) atoms. The highest BCUT2D eigenvalue weighted by molar-refractivity contribution is 5.93. The standard InChI is InChI=1S/C19H23N3O/c1-4-20-18(23)13-9-10-17(21-12-13)22-16-11-19(2,3)15-8-6-5-7-14(15)16/h5-10,12,16H,4,11H2,1-3H3,(H,20,23)(H,21,22). The fourth-order valence-electron chi connectivity index (χ4n) is 3.33. The first kappa shape index (κ1) is 15.5. The van der Waals surface area contributed by atoms with Gasteiger partial charge in [0.15, 0.2) is 0 Å². The Morgan fingerprint density at radius 3 is 2.74 bits per heavy atom. The van der Waals surface area contributed by atoms with E-state index >= 15 is 0 Å². The van der Waals surface area contributed by atoms with Crippen molar-refractivity contribution in [3.8, 4) is 0 Å². The molecule has 1 aromatic carbocycles. The monoisotopic (exact) mass is 309 g/mol. The van der Waals surface area contributed by atoms with Gasteiger partial charge in [-0.25, -0.2) is 4.98 Å². The van der Waals surface area contributed by atoms with Gasteiger partial charge in [-0.2, -0.15) is 0 Å². The van der Waals surface area contributed by atoms with Gasteiger partial charge in [-0.05, 0) is 42.0 Å². The van der Waals surface area contributed by atoms with E-state index in [1.54, 1.807) is 6.20 Å². The Morgan fingerprint density at radius 2 is 2.04 bits per heavy atom.